The number of rotatable bonds is 4. The Hall–Kier alpha value is -5.28. The first-order valence-electron chi connectivity index (χ1n) is 18.0. The molecular formula is C50H32S2Se. The number of aryl methyl sites for hydroxylation is 2. The summed E-state index contributed by atoms with van der Waals surface area (Å²) in [5.74, 6) is 0. The van der Waals surface area contributed by atoms with Crippen molar-refractivity contribution in [2.24, 2.45) is 0 Å². The third-order valence-corrected chi connectivity index (χ3v) is 15.3. The van der Waals surface area contributed by atoms with E-state index in [1.165, 1.54) is 118 Å². The molecule has 11 aromatic rings. The molecule has 0 N–H and O–H groups in total. The first kappa shape index (κ1) is 31.3. The van der Waals surface area contributed by atoms with E-state index >= 15 is 0 Å². The van der Waals surface area contributed by atoms with E-state index in [9.17, 15) is 0 Å². The molecule has 8 aromatic carbocycles. The summed E-state index contributed by atoms with van der Waals surface area (Å²) < 4.78 is 2.93. The maximum atomic E-state index is 2.50. The Balaban J connectivity index is 1.13. The maximum absolute atomic E-state index is 2.50. The van der Waals surface area contributed by atoms with E-state index in [0.29, 0.717) is 0 Å². The van der Waals surface area contributed by atoms with Crippen molar-refractivity contribution in [1.82, 2.24) is 0 Å². The zero-order valence-electron chi connectivity index (χ0n) is 29.2. The normalized spacial score (nSPS) is 12.0. The molecule has 0 aliphatic rings. The molecule has 0 nitrogen and oxygen atoms in total. The molecule has 0 spiro atoms. The molecule has 0 unspecified atom stereocenters. The molecule has 0 fully saturated rings. The summed E-state index contributed by atoms with van der Waals surface area (Å²) in [6, 6.07) is 50.6. The molecule has 3 aromatic heterocycles. The molecule has 0 bridgehead atoms. The van der Waals surface area contributed by atoms with E-state index in [2.05, 4.69) is 169 Å². The van der Waals surface area contributed by atoms with Crippen LogP contribution in [0.25, 0.3) is 107 Å². The van der Waals surface area contributed by atoms with Crippen molar-refractivity contribution in [1.29, 1.82) is 0 Å². The number of thiophene rings is 2. The monoisotopic (exact) mass is 776 g/mol. The van der Waals surface area contributed by atoms with E-state index < -0.39 is 0 Å². The Morgan fingerprint density at radius 3 is 1.15 bits per heavy atom. The van der Waals surface area contributed by atoms with Crippen molar-refractivity contribution in [2.75, 3.05) is 0 Å². The second-order valence-corrected chi connectivity index (χ2v) is 17.9. The number of fused-ring (bicyclic) bond motifs is 7. The second-order valence-electron chi connectivity index (χ2n) is 14.1. The summed E-state index contributed by atoms with van der Waals surface area (Å²) in [7, 11) is 0. The summed E-state index contributed by atoms with van der Waals surface area (Å²) in [6.45, 7) is 4.47. The zero-order chi connectivity index (χ0) is 35.2. The van der Waals surface area contributed by atoms with Crippen LogP contribution >= 0.6 is 22.7 Å². The van der Waals surface area contributed by atoms with Crippen molar-refractivity contribution < 1.29 is 0 Å². The quantitative estimate of drug-likeness (QED) is 0.123. The van der Waals surface area contributed by atoms with Crippen molar-refractivity contribution in [2.45, 2.75) is 13.8 Å². The van der Waals surface area contributed by atoms with Gasteiger partial charge in [0.2, 0.25) is 0 Å². The van der Waals surface area contributed by atoms with Crippen molar-refractivity contribution >= 4 is 99.6 Å². The van der Waals surface area contributed by atoms with Crippen LogP contribution in [0, 0.1) is 13.8 Å². The van der Waals surface area contributed by atoms with Gasteiger partial charge in [0.25, 0.3) is 0 Å². The first-order valence-corrected chi connectivity index (χ1v) is 21.6. The molecule has 0 radical (unpaired) electrons. The van der Waals surface area contributed by atoms with Crippen molar-refractivity contribution in [3.63, 3.8) is 0 Å². The Labute approximate surface area is 322 Å². The summed E-state index contributed by atoms with van der Waals surface area (Å²) in [4.78, 5) is 0. The van der Waals surface area contributed by atoms with Crippen LogP contribution < -0.4 is 0 Å². The number of hydrogen-bond donors (Lipinski definition) is 0. The van der Waals surface area contributed by atoms with Gasteiger partial charge in [-0.05, 0) is 0 Å². The Kier molecular flexibility index (Phi) is 7.16. The Morgan fingerprint density at radius 2 is 0.736 bits per heavy atom. The molecule has 250 valence electrons. The van der Waals surface area contributed by atoms with E-state index in [0.717, 1.165) is 0 Å². The molecule has 3 heteroatoms. The Morgan fingerprint density at radius 1 is 0.340 bits per heavy atom. The van der Waals surface area contributed by atoms with E-state index in [1.807, 2.05) is 0 Å². The molecule has 0 saturated carbocycles. The standard InChI is InChI=1S/C50H32S2Se/c1-29-25-51-27-43(29)49-38-15-7-3-11-34(38)47(35-12-4-8-16-39(35)49)31-20-22-45-42(23-31)33-21-19-32(24-46(33)53-45)48-36-13-5-9-17-40(36)50(44-28-52-26-30(44)2)41-18-10-6-14-37(41)48/h3-28H,1-2H3. The van der Waals surface area contributed by atoms with Crippen molar-refractivity contribution in [3.05, 3.63) is 166 Å². The van der Waals surface area contributed by atoms with Gasteiger partial charge in [-0.15, -0.1) is 0 Å². The van der Waals surface area contributed by atoms with Gasteiger partial charge in [0.1, 0.15) is 0 Å². The van der Waals surface area contributed by atoms with E-state index in [-0.39, 0.29) is 14.5 Å². The van der Waals surface area contributed by atoms with Gasteiger partial charge in [0.15, 0.2) is 0 Å². The zero-order valence-corrected chi connectivity index (χ0v) is 32.6. The van der Waals surface area contributed by atoms with Crippen LogP contribution in [-0.4, -0.2) is 14.5 Å². The fourth-order valence-corrected chi connectivity index (χ4v) is 12.8. The second kappa shape index (κ2) is 12.1. The Bertz CT molecular complexity index is 3150. The third-order valence-electron chi connectivity index (χ3n) is 11.2. The predicted molar refractivity (Wildman–Crippen MR) is 235 cm³/mol. The van der Waals surface area contributed by atoms with Crippen LogP contribution in [0.3, 0.4) is 0 Å². The van der Waals surface area contributed by atoms with Crippen LogP contribution in [0.1, 0.15) is 11.1 Å². The van der Waals surface area contributed by atoms with Crippen LogP contribution in [0.15, 0.2) is 155 Å². The molecule has 0 aliphatic heterocycles. The average Bonchev–Trinajstić information content (AvgIpc) is 3.93. The molecule has 3 heterocycles. The van der Waals surface area contributed by atoms with Gasteiger partial charge in [-0.25, -0.2) is 0 Å². The molecule has 11 rings (SSSR count). The fourth-order valence-electron chi connectivity index (χ4n) is 8.78. The van der Waals surface area contributed by atoms with Gasteiger partial charge in [0, 0.05) is 0 Å². The molecule has 0 amide bonds. The molecule has 0 atom stereocenters. The molecule has 53 heavy (non-hydrogen) atoms. The van der Waals surface area contributed by atoms with Crippen LogP contribution in [0.5, 0.6) is 0 Å². The van der Waals surface area contributed by atoms with Gasteiger partial charge < -0.3 is 0 Å². The minimum absolute atomic E-state index is 0.225. The minimum atomic E-state index is 0.225. The van der Waals surface area contributed by atoms with Gasteiger partial charge >= 0.3 is 324 Å². The molecular weight excluding hydrogens is 744 g/mol. The van der Waals surface area contributed by atoms with Gasteiger partial charge in [-0.1, -0.05) is 0 Å². The van der Waals surface area contributed by atoms with Crippen LogP contribution in [0.4, 0.5) is 0 Å². The van der Waals surface area contributed by atoms with Crippen LogP contribution in [0.2, 0.25) is 0 Å². The summed E-state index contributed by atoms with van der Waals surface area (Å²) >= 11 is 3.80. The van der Waals surface area contributed by atoms with Gasteiger partial charge in [-0.2, -0.15) is 0 Å². The van der Waals surface area contributed by atoms with E-state index in [4.69, 9.17) is 0 Å². The summed E-state index contributed by atoms with van der Waals surface area (Å²) in [5, 5.41) is 22.5. The van der Waals surface area contributed by atoms with Gasteiger partial charge in [-0.3, -0.25) is 0 Å². The predicted octanol–water partition coefficient (Wildman–Crippen LogP) is 15.1. The van der Waals surface area contributed by atoms with Gasteiger partial charge in [0.05, 0.1) is 0 Å². The average molecular weight is 776 g/mol. The first-order chi connectivity index (χ1) is 26.1. The SMILES string of the molecule is Cc1cscc1-c1c2ccccc2c(-c2ccc3c(c2)[se]c2ccc(-c4c5ccccc5c(-c5cscc5C)c5ccccc45)cc23)c2ccccc12. The van der Waals surface area contributed by atoms with Crippen LogP contribution in [-0.2, 0) is 0 Å². The summed E-state index contributed by atoms with van der Waals surface area (Å²) in [6.07, 6.45) is 0. The van der Waals surface area contributed by atoms with Crippen molar-refractivity contribution in [3.8, 4) is 44.5 Å². The fraction of sp³-hybridized carbons (Fsp3) is 0.0400. The van der Waals surface area contributed by atoms with E-state index in [1.54, 1.807) is 22.7 Å². The summed E-state index contributed by atoms with van der Waals surface area (Å²) in [5.41, 5.74) is 13.3. The molecule has 0 aliphatic carbocycles. The third kappa shape index (κ3) is 4.72. The molecule has 0 saturated heterocycles. The number of benzene rings is 8. The number of hydrogen-bond acceptors (Lipinski definition) is 2. The topological polar surface area (TPSA) is 0 Å².